The van der Waals surface area contributed by atoms with Gasteiger partial charge in [-0.05, 0) is 62.2 Å². The fourth-order valence-electron chi connectivity index (χ4n) is 3.50. The molecule has 1 unspecified atom stereocenters. The van der Waals surface area contributed by atoms with Crippen molar-refractivity contribution in [2.75, 3.05) is 17.5 Å². The van der Waals surface area contributed by atoms with E-state index in [0.717, 1.165) is 15.4 Å². The average molecular weight is 467 g/mol. The van der Waals surface area contributed by atoms with E-state index in [1.165, 1.54) is 0 Å². The molecule has 0 aliphatic rings. The standard InChI is InChI=1S/C26H30N2O4S/c1-4-25(21-9-7-6-8-10-21)27-26(29)19-28(22-13-15-23(16-14-22)32-5-2)33(30,31)24-17-11-20(3)12-18-24/h6-18,25H,4-5,19H2,1-3H3,(H,27,29). The molecular weight excluding hydrogens is 436 g/mol. The molecule has 0 aliphatic heterocycles. The molecule has 3 rings (SSSR count). The maximum absolute atomic E-state index is 13.5. The number of anilines is 1. The molecule has 3 aromatic rings. The number of amides is 1. The molecule has 0 saturated heterocycles. The van der Waals surface area contributed by atoms with Gasteiger partial charge in [-0.15, -0.1) is 0 Å². The third-order valence-electron chi connectivity index (χ3n) is 5.28. The summed E-state index contributed by atoms with van der Waals surface area (Å²) in [5.74, 6) is 0.254. The van der Waals surface area contributed by atoms with Crippen LogP contribution < -0.4 is 14.4 Å². The van der Waals surface area contributed by atoms with Crippen LogP contribution in [0, 0.1) is 6.92 Å². The van der Waals surface area contributed by atoms with Crippen molar-refractivity contribution in [2.24, 2.45) is 0 Å². The molecule has 1 atom stereocenters. The van der Waals surface area contributed by atoms with E-state index in [4.69, 9.17) is 4.74 Å². The zero-order valence-corrected chi connectivity index (χ0v) is 20.0. The van der Waals surface area contributed by atoms with Gasteiger partial charge in [-0.3, -0.25) is 9.10 Å². The number of carbonyl (C=O) groups is 1. The summed E-state index contributed by atoms with van der Waals surface area (Å²) in [7, 11) is -3.97. The molecule has 1 amide bonds. The summed E-state index contributed by atoms with van der Waals surface area (Å²) in [6.07, 6.45) is 0.684. The highest BCUT2D eigenvalue weighted by Gasteiger charge is 2.28. The third kappa shape index (κ3) is 6.14. The second-order valence-electron chi connectivity index (χ2n) is 7.69. The van der Waals surface area contributed by atoms with Crippen LogP contribution in [0.15, 0.2) is 83.8 Å². The van der Waals surface area contributed by atoms with E-state index in [0.29, 0.717) is 24.5 Å². The molecule has 0 bridgehead atoms. The van der Waals surface area contributed by atoms with Crippen LogP contribution in [0.25, 0.3) is 0 Å². The number of sulfonamides is 1. The second kappa shape index (κ2) is 11.0. The summed E-state index contributed by atoms with van der Waals surface area (Å²) < 4.78 is 33.7. The van der Waals surface area contributed by atoms with E-state index in [9.17, 15) is 13.2 Å². The van der Waals surface area contributed by atoms with Gasteiger partial charge in [-0.2, -0.15) is 0 Å². The molecule has 0 spiro atoms. The van der Waals surface area contributed by atoms with Gasteiger partial charge < -0.3 is 10.1 Å². The molecule has 0 saturated carbocycles. The number of hydrogen-bond donors (Lipinski definition) is 1. The molecule has 174 valence electrons. The van der Waals surface area contributed by atoms with Gasteiger partial charge in [0.05, 0.1) is 23.2 Å². The number of ether oxygens (including phenoxy) is 1. The lowest BCUT2D eigenvalue weighted by atomic mass is 10.0. The van der Waals surface area contributed by atoms with Crippen LogP contribution in [0.2, 0.25) is 0 Å². The van der Waals surface area contributed by atoms with Crippen molar-refractivity contribution < 1.29 is 17.9 Å². The molecular formula is C26H30N2O4S. The summed E-state index contributed by atoms with van der Waals surface area (Å²) in [6.45, 7) is 5.91. The first-order chi connectivity index (χ1) is 15.8. The van der Waals surface area contributed by atoms with Crippen LogP contribution in [0.3, 0.4) is 0 Å². The SMILES string of the molecule is CCOc1ccc(N(CC(=O)NC(CC)c2ccccc2)S(=O)(=O)c2ccc(C)cc2)cc1. The number of nitrogens with one attached hydrogen (secondary N) is 1. The second-order valence-corrected chi connectivity index (χ2v) is 9.55. The maximum atomic E-state index is 13.5. The molecule has 0 heterocycles. The third-order valence-corrected chi connectivity index (χ3v) is 7.07. The summed E-state index contributed by atoms with van der Waals surface area (Å²) in [5, 5.41) is 2.98. The highest BCUT2D eigenvalue weighted by atomic mass is 32.2. The molecule has 6 nitrogen and oxygen atoms in total. The quantitative estimate of drug-likeness (QED) is 0.463. The first kappa shape index (κ1) is 24.3. The average Bonchev–Trinajstić information content (AvgIpc) is 2.82. The Balaban J connectivity index is 1.91. The number of benzene rings is 3. The first-order valence-electron chi connectivity index (χ1n) is 11.0. The van der Waals surface area contributed by atoms with Crippen LogP contribution >= 0.6 is 0 Å². The Labute approximate surface area is 196 Å². The van der Waals surface area contributed by atoms with Crippen molar-refractivity contribution in [3.8, 4) is 5.75 Å². The lowest BCUT2D eigenvalue weighted by Crippen LogP contribution is -2.42. The van der Waals surface area contributed by atoms with Gasteiger partial charge in [0.2, 0.25) is 5.91 Å². The Morgan fingerprint density at radius 3 is 2.15 bits per heavy atom. The number of carbonyl (C=O) groups excluding carboxylic acids is 1. The van der Waals surface area contributed by atoms with Crippen LogP contribution in [0.1, 0.15) is 37.4 Å². The first-order valence-corrected chi connectivity index (χ1v) is 12.5. The van der Waals surface area contributed by atoms with Crippen molar-refractivity contribution in [3.63, 3.8) is 0 Å². The predicted octanol–water partition coefficient (Wildman–Crippen LogP) is 4.86. The van der Waals surface area contributed by atoms with Crippen molar-refractivity contribution in [3.05, 3.63) is 90.0 Å². The molecule has 0 fully saturated rings. The van der Waals surface area contributed by atoms with Gasteiger partial charge in [-0.1, -0.05) is 55.0 Å². The molecule has 0 aliphatic carbocycles. The summed E-state index contributed by atoms with van der Waals surface area (Å²) >= 11 is 0. The number of rotatable bonds is 10. The van der Waals surface area contributed by atoms with Crippen molar-refractivity contribution in [1.29, 1.82) is 0 Å². The minimum absolute atomic E-state index is 0.130. The smallest absolute Gasteiger partial charge is 0.264 e. The Morgan fingerprint density at radius 1 is 0.939 bits per heavy atom. The van der Waals surface area contributed by atoms with E-state index in [1.807, 2.05) is 51.1 Å². The van der Waals surface area contributed by atoms with Gasteiger partial charge in [0, 0.05) is 0 Å². The molecule has 1 N–H and O–H groups in total. The van der Waals surface area contributed by atoms with Crippen LogP contribution in [0.4, 0.5) is 5.69 Å². The topological polar surface area (TPSA) is 75.7 Å². The van der Waals surface area contributed by atoms with Gasteiger partial charge >= 0.3 is 0 Å². The zero-order chi connectivity index (χ0) is 23.8. The van der Waals surface area contributed by atoms with E-state index < -0.39 is 10.0 Å². The Kier molecular flexibility index (Phi) is 8.11. The summed E-state index contributed by atoms with van der Waals surface area (Å²) in [6, 6.07) is 22.7. The molecule has 0 aromatic heterocycles. The van der Waals surface area contributed by atoms with Crippen LogP contribution in [-0.4, -0.2) is 27.5 Å². The Hall–Kier alpha value is -3.32. The molecule has 0 radical (unpaired) electrons. The normalized spacial score (nSPS) is 12.1. The van der Waals surface area contributed by atoms with Gasteiger partial charge in [-0.25, -0.2) is 8.42 Å². The van der Waals surface area contributed by atoms with Crippen molar-refractivity contribution in [1.82, 2.24) is 5.32 Å². The largest absolute Gasteiger partial charge is 0.494 e. The summed E-state index contributed by atoms with van der Waals surface area (Å²) in [4.78, 5) is 13.2. The van der Waals surface area contributed by atoms with E-state index in [1.54, 1.807) is 48.5 Å². The lowest BCUT2D eigenvalue weighted by molar-refractivity contribution is -0.120. The van der Waals surface area contributed by atoms with Crippen molar-refractivity contribution >= 4 is 21.6 Å². The van der Waals surface area contributed by atoms with Gasteiger partial charge in [0.25, 0.3) is 10.0 Å². The minimum Gasteiger partial charge on any atom is -0.494 e. The summed E-state index contributed by atoms with van der Waals surface area (Å²) in [5.41, 5.74) is 2.32. The van der Waals surface area contributed by atoms with Crippen molar-refractivity contribution in [2.45, 2.75) is 38.1 Å². The lowest BCUT2D eigenvalue weighted by Gasteiger charge is -2.26. The van der Waals surface area contributed by atoms with Crippen LogP contribution in [0.5, 0.6) is 5.75 Å². The fourth-order valence-corrected chi connectivity index (χ4v) is 4.93. The zero-order valence-electron chi connectivity index (χ0n) is 19.2. The number of hydrogen-bond acceptors (Lipinski definition) is 4. The molecule has 33 heavy (non-hydrogen) atoms. The number of nitrogens with zero attached hydrogens (tertiary/aromatic N) is 1. The monoisotopic (exact) mass is 466 g/mol. The molecule has 3 aromatic carbocycles. The van der Waals surface area contributed by atoms with E-state index >= 15 is 0 Å². The van der Waals surface area contributed by atoms with Crippen LogP contribution in [-0.2, 0) is 14.8 Å². The highest BCUT2D eigenvalue weighted by Crippen LogP contribution is 2.26. The van der Waals surface area contributed by atoms with E-state index in [2.05, 4.69) is 5.32 Å². The van der Waals surface area contributed by atoms with E-state index in [-0.39, 0.29) is 23.4 Å². The Bertz CT molecular complexity index is 1150. The number of aryl methyl sites for hydroxylation is 1. The van der Waals surface area contributed by atoms with Gasteiger partial charge in [0.15, 0.2) is 0 Å². The fraction of sp³-hybridized carbons (Fsp3) is 0.269. The molecule has 7 heteroatoms. The van der Waals surface area contributed by atoms with Gasteiger partial charge in [0.1, 0.15) is 12.3 Å². The predicted molar refractivity (Wildman–Crippen MR) is 131 cm³/mol. The maximum Gasteiger partial charge on any atom is 0.264 e. The highest BCUT2D eigenvalue weighted by molar-refractivity contribution is 7.92. The Morgan fingerprint density at radius 2 is 1.58 bits per heavy atom. The minimum atomic E-state index is -3.97.